The minimum Gasteiger partial charge on any atom is -0.374 e. The summed E-state index contributed by atoms with van der Waals surface area (Å²) in [5.41, 5.74) is 13.9. The van der Waals surface area contributed by atoms with Gasteiger partial charge in [0.15, 0.2) is 0 Å². The summed E-state index contributed by atoms with van der Waals surface area (Å²) in [4.78, 5) is 5.15. The minimum absolute atomic E-state index is 0.0244. The van der Waals surface area contributed by atoms with Crippen molar-refractivity contribution in [2.45, 2.75) is 24.5 Å². The molecule has 0 fully saturated rings. The molecular formula is C48H39N2P. The van der Waals surface area contributed by atoms with Gasteiger partial charge in [-0.3, -0.25) is 0 Å². The smallest absolute Gasteiger partial charge is 0.0780 e. The second-order valence-corrected chi connectivity index (χ2v) is 15.2. The number of rotatable bonds is 8. The fourth-order valence-electron chi connectivity index (χ4n) is 7.79. The molecule has 1 N–H and O–H groups in total. The van der Waals surface area contributed by atoms with Crippen molar-refractivity contribution in [3.05, 3.63) is 204 Å². The molecule has 1 aliphatic heterocycles. The van der Waals surface area contributed by atoms with Crippen LogP contribution in [0, 0.1) is 5.92 Å². The topological polar surface area (TPSA) is 24.9 Å². The van der Waals surface area contributed by atoms with Crippen LogP contribution >= 0.6 is 8.58 Å². The highest BCUT2D eigenvalue weighted by Crippen LogP contribution is 2.47. The highest BCUT2D eigenvalue weighted by molar-refractivity contribution is 7.47. The fourth-order valence-corrected chi connectivity index (χ4v) is 9.36. The van der Waals surface area contributed by atoms with Gasteiger partial charge in [0.25, 0.3) is 0 Å². The monoisotopic (exact) mass is 674 g/mol. The summed E-state index contributed by atoms with van der Waals surface area (Å²) in [6, 6.07) is 59.2. The van der Waals surface area contributed by atoms with Crippen molar-refractivity contribution in [1.82, 2.24) is 4.98 Å². The van der Waals surface area contributed by atoms with Crippen molar-refractivity contribution in [2.24, 2.45) is 5.92 Å². The second-order valence-electron chi connectivity index (χ2n) is 13.6. The molecule has 0 radical (unpaired) electrons. The van der Waals surface area contributed by atoms with E-state index >= 15 is 0 Å². The number of nitrogens with one attached hydrogen (secondary N) is 1. The number of allylic oxidation sites excluding steroid dienone is 4. The maximum Gasteiger partial charge on any atom is 0.0780 e. The van der Waals surface area contributed by atoms with Crippen molar-refractivity contribution in [2.75, 3.05) is 5.32 Å². The van der Waals surface area contributed by atoms with Gasteiger partial charge in [-0.15, -0.1) is 0 Å². The maximum atomic E-state index is 5.15. The Balaban J connectivity index is 1.03. The van der Waals surface area contributed by atoms with Crippen molar-refractivity contribution in [1.29, 1.82) is 0 Å². The van der Waals surface area contributed by atoms with Gasteiger partial charge in [-0.1, -0.05) is 166 Å². The third-order valence-electron chi connectivity index (χ3n) is 10.4. The summed E-state index contributed by atoms with van der Waals surface area (Å²) in [7, 11) is 0.756. The lowest BCUT2D eigenvalue weighted by Gasteiger charge is -2.32. The van der Waals surface area contributed by atoms with E-state index in [1.54, 1.807) is 0 Å². The lowest BCUT2D eigenvalue weighted by Crippen LogP contribution is -2.19. The summed E-state index contributed by atoms with van der Waals surface area (Å²) in [6.45, 7) is 0. The van der Waals surface area contributed by atoms with Crippen molar-refractivity contribution < 1.29 is 0 Å². The van der Waals surface area contributed by atoms with E-state index in [-0.39, 0.29) is 6.04 Å². The Hall–Kier alpha value is -5.56. The van der Waals surface area contributed by atoms with Gasteiger partial charge in [0, 0.05) is 27.9 Å². The van der Waals surface area contributed by atoms with Gasteiger partial charge in [-0.25, -0.2) is 4.98 Å². The Morgan fingerprint density at radius 1 is 0.667 bits per heavy atom. The van der Waals surface area contributed by atoms with Crippen LogP contribution in [0.5, 0.6) is 0 Å². The van der Waals surface area contributed by atoms with E-state index in [1.165, 1.54) is 55.3 Å². The number of benzene rings is 6. The van der Waals surface area contributed by atoms with Crippen LogP contribution in [-0.2, 0) is 0 Å². The molecule has 2 heterocycles. The lowest BCUT2D eigenvalue weighted by molar-refractivity contribution is 0.587. The van der Waals surface area contributed by atoms with Crippen LogP contribution in [0.3, 0.4) is 0 Å². The average Bonchev–Trinajstić information content (AvgIpc) is 3.21. The lowest BCUT2D eigenvalue weighted by atomic mass is 9.82. The third-order valence-corrected chi connectivity index (χ3v) is 12.0. The summed E-state index contributed by atoms with van der Waals surface area (Å²) in [5, 5.41) is 6.56. The highest BCUT2D eigenvalue weighted by atomic mass is 31.1. The quantitative estimate of drug-likeness (QED) is 0.162. The fraction of sp³-hybridized carbons (Fsp3) is 0.104. The number of hydrogen-bond acceptors (Lipinski definition) is 2. The van der Waals surface area contributed by atoms with E-state index in [1.807, 2.05) is 0 Å². The first-order chi connectivity index (χ1) is 25.3. The van der Waals surface area contributed by atoms with E-state index in [9.17, 15) is 0 Å². The molecule has 0 bridgehead atoms. The maximum absolute atomic E-state index is 5.15. The summed E-state index contributed by atoms with van der Waals surface area (Å²) in [6.07, 6.45) is 9.48. The Morgan fingerprint density at radius 3 is 2.14 bits per heavy atom. The molecule has 0 spiro atoms. The van der Waals surface area contributed by atoms with Gasteiger partial charge in [0.1, 0.15) is 0 Å². The summed E-state index contributed by atoms with van der Waals surface area (Å²) < 4.78 is 0. The molecule has 246 valence electrons. The first-order valence-corrected chi connectivity index (χ1v) is 19.0. The summed E-state index contributed by atoms with van der Waals surface area (Å²) in [5.74, 6) is 0.515. The van der Waals surface area contributed by atoms with Gasteiger partial charge >= 0.3 is 0 Å². The van der Waals surface area contributed by atoms with Crippen LogP contribution in [0.15, 0.2) is 182 Å². The van der Waals surface area contributed by atoms with E-state index in [0.717, 1.165) is 38.2 Å². The number of aromatic nitrogens is 1. The predicted molar refractivity (Wildman–Crippen MR) is 218 cm³/mol. The zero-order valence-corrected chi connectivity index (χ0v) is 29.4. The average molecular weight is 675 g/mol. The molecule has 9 rings (SSSR count). The molecule has 51 heavy (non-hydrogen) atoms. The minimum atomic E-state index is 0.0244. The normalized spacial score (nSPS) is 17.1. The largest absolute Gasteiger partial charge is 0.374 e. The van der Waals surface area contributed by atoms with Gasteiger partial charge < -0.3 is 5.32 Å². The molecule has 7 aromatic rings. The Morgan fingerprint density at radius 2 is 1.39 bits per heavy atom. The first-order valence-electron chi connectivity index (χ1n) is 18.0. The van der Waals surface area contributed by atoms with Crippen LogP contribution in [0.25, 0.3) is 38.9 Å². The standard InChI is InChI=1S/C48H39N2P/c1-5-13-35(14-6-1)43-29-27-41-44(49-43)30-26-40-42-32-38(25-28-45(42)50-48(47(40)41)37-17-9-3-10-18-37)34-23-21-33(22-24-34)31-46(36-15-7-2-8-16-36)51-39-19-11-4-12-20-39/h1-21,23-30,32-33,46,48,50-51H,22,31H2. The van der Waals surface area contributed by atoms with E-state index in [0.29, 0.717) is 11.6 Å². The number of anilines is 1. The van der Waals surface area contributed by atoms with Gasteiger partial charge in [0.05, 0.1) is 17.3 Å². The van der Waals surface area contributed by atoms with Crippen molar-refractivity contribution in [3.63, 3.8) is 0 Å². The van der Waals surface area contributed by atoms with Crippen molar-refractivity contribution in [3.8, 4) is 22.4 Å². The van der Waals surface area contributed by atoms with Crippen LogP contribution in [-0.4, -0.2) is 4.98 Å². The molecule has 4 unspecified atom stereocenters. The van der Waals surface area contributed by atoms with Gasteiger partial charge in [0.2, 0.25) is 0 Å². The Bertz CT molecular complexity index is 2370. The number of fused-ring (bicyclic) bond motifs is 5. The molecule has 2 aliphatic rings. The van der Waals surface area contributed by atoms with Crippen LogP contribution < -0.4 is 10.6 Å². The SMILES string of the molecule is C1=CC(CC(Pc2ccccc2)c2ccccc2)CC=C1c1ccc2c(c1)-c1ccc3nc(-c4ccccc4)ccc3c1C(c1ccccc1)N2. The number of hydrogen-bond donors (Lipinski definition) is 1. The van der Waals surface area contributed by atoms with Gasteiger partial charge in [-0.05, 0) is 81.7 Å². The molecule has 1 aromatic heterocycles. The molecule has 3 heteroatoms. The molecule has 0 saturated carbocycles. The van der Waals surface area contributed by atoms with Gasteiger partial charge in [-0.2, -0.15) is 0 Å². The van der Waals surface area contributed by atoms with Crippen LogP contribution in [0.4, 0.5) is 5.69 Å². The molecule has 4 atom stereocenters. The van der Waals surface area contributed by atoms with Crippen LogP contribution in [0.1, 0.15) is 46.8 Å². The third kappa shape index (κ3) is 6.45. The number of nitrogens with zero attached hydrogens (tertiary/aromatic N) is 1. The molecule has 2 nitrogen and oxygen atoms in total. The van der Waals surface area contributed by atoms with E-state index < -0.39 is 0 Å². The number of pyridine rings is 1. The zero-order valence-electron chi connectivity index (χ0n) is 28.4. The molecular weight excluding hydrogens is 636 g/mol. The zero-order chi connectivity index (χ0) is 34.0. The molecule has 0 saturated heterocycles. The first kappa shape index (κ1) is 31.4. The molecule has 0 amide bonds. The Kier molecular flexibility index (Phi) is 8.62. The highest BCUT2D eigenvalue weighted by Gasteiger charge is 2.28. The Labute approximate surface area is 302 Å². The molecule has 6 aromatic carbocycles. The van der Waals surface area contributed by atoms with E-state index in [2.05, 4.69) is 187 Å². The second kappa shape index (κ2) is 14.0. The van der Waals surface area contributed by atoms with E-state index in [4.69, 9.17) is 4.98 Å². The molecule has 1 aliphatic carbocycles. The summed E-state index contributed by atoms with van der Waals surface area (Å²) >= 11 is 0. The van der Waals surface area contributed by atoms with Crippen molar-refractivity contribution >= 4 is 36.0 Å². The predicted octanol–water partition coefficient (Wildman–Crippen LogP) is 12.2. The van der Waals surface area contributed by atoms with Crippen LogP contribution in [0.2, 0.25) is 0 Å².